The van der Waals surface area contributed by atoms with E-state index < -0.39 is 0 Å². The van der Waals surface area contributed by atoms with Gasteiger partial charge in [0.05, 0.1) is 0 Å². The lowest BCUT2D eigenvalue weighted by atomic mass is 9.75. The first-order chi connectivity index (χ1) is 7.47. The predicted octanol–water partition coefficient (Wildman–Crippen LogP) is 5.38. The summed E-state index contributed by atoms with van der Waals surface area (Å²) in [7, 11) is 0. The molecule has 1 rings (SSSR count). The van der Waals surface area contributed by atoms with E-state index in [1.807, 2.05) is 0 Å². The predicted molar refractivity (Wildman–Crippen MR) is 73.5 cm³/mol. The quantitative estimate of drug-likeness (QED) is 0.545. The Hall–Kier alpha value is 0. The van der Waals surface area contributed by atoms with Crippen LogP contribution in [0.3, 0.4) is 0 Å². The first-order valence-corrected chi connectivity index (χ1v) is 7.47. The van der Waals surface area contributed by atoms with Crippen LogP contribution in [0.15, 0.2) is 0 Å². The molecule has 0 amide bonds. The molecule has 0 aromatic carbocycles. The van der Waals surface area contributed by atoms with Crippen LogP contribution >= 0.6 is 0 Å². The van der Waals surface area contributed by atoms with Crippen molar-refractivity contribution in [3.05, 3.63) is 0 Å². The Labute approximate surface area is 103 Å². The van der Waals surface area contributed by atoms with E-state index in [1.165, 1.54) is 25.7 Å². The molecule has 0 nitrogen and oxygen atoms in total. The van der Waals surface area contributed by atoms with Gasteiger partial charge in [0.2, 0.25) is 0 Å². The van der Waals surface area contributed by atoms with Crippen LogP contribution in [0.1, 0.15) is 67.2 Å². The fourth-order valence-electron chi connectivity index (χ4n) is 3.17. The summed E-state index contributed by atoms with van der Waals surface area (Å²) in [6.45, 7) is 14.6. The molecule has 0 bridgehead atoms. The number of rotatable bonds is 7. The van der Waals surface area contributed by atoms with Crippen molar-refractivity contribution in [2.45, 2.75) is 67.2 Å². The Balaban J connectivity index is 2.33. The van der Waals surface area contributed by atoms with Crippen LogP contribution in [0.4, 0.5) is 0 Å². The van der Waals surface area contributed by atoms with Gasteiger partial charge in [-0.05, 0) is 48.3 Å². The third kappa shape index (κ3) is 3.79. The van der Waals surface area contributed by atoms with Crippen LogP contribution in [0.5, 0.6) is 0 Å². The molecule has 1 saturated carbocycles. The minimum absolute atomic E-state index is 0.893. The van der Waals surface area contributed by atoms with Gasteiger partial charge in [0.1, 0.15) is 0 Å². The van der Waals surface area contributed by atoms with E-state index in [0.29, 0.717) is 0 Å². The third-order valence-corrected chi connectivity index (χ3v) is 5.32. The smallest absolute Gasteiger partial charge is 0.0383 e. The van der Waals surface area contributed by atoms with Crippen LogP contribution in [0.2, 0.25) is 0 Å². The van der Waals surface area contributed by atoms with E-state index in [-0.39, 0.29) is 0 Å². The second-order valence-electron chi connectivity index (χ2n) is 6.67. The zero-order valence-corrected chi connectivity index (χ0v) is 12.3. The molecule has 0 spiro atoms. The summed E-state index contributed by atoms with van der Waals surface area (Å²) in [4.78, 5) is 0. The molecule has 0 aliphatic heterocycles. The zero-order chi connectivity index (χ0) is 12.3. The van der Waals surface area contributed by atoms with Gasteiger partial charge in [-0.3, -0.25) is 0 Å². The maximum absolute atomic E-state index is 2.48. The molecular weight excluding hydrogens is 192 g/mol. The van der Waals surface area contributed by atoms with Gasteiger partial charge in [0.25, 0.3) is 0 Å². The minimum Gasteiger partial charge on any atom is -0.0654 e. The maximum Gasteiger partial charge on any atom is -0.0383 e. The largest absolute Gasteiger partial charge is 0.0654 e. The van der Waals surface area contributed by atoms with Gasteiger partial charge >= 0.3 is 0 Å². The Morgan fingerprint density at radius 2 is 1.50 bits per heavy atom. The molecule has 16 heavy (non-hydrogen) atoms. The fourth-order valence-corrected chi connectivity index (χ4v) is 3.17. The van der Waals surface area contributed by atoms with Gasteiger partial charge < -0.3 is 0 Å². The van der Waals surface area contributed by atoms with Gasteiger partial charge in [-0.15, -0.1) is 0 Å². The molecule has 96 valence electrons. The molecule has 0 aromatic rings. The SMILES string of the molecule is CCCC(C)C(C)C(C)C(C)CC1CC1C. The summed E-state index contributed by atoms with van der Waals surface area (Å²) in [6.07, 6.45) is 5.71. The summed E-state index contributed by atoms with van der Waals surface area (Å²) >= 11 is 0. The standard InChI is InChI=1S/C16H32/c1-7-8-11(2)14(5)15(6)12(3)9-16-10-13(16)4/h11-16H,7-10H2,1-6H3. The highest BCUT2D eigenvalue weighted by Crippen LogP contribution is 2.45. The van der Waals surface area contributed by atoms with Crippen LogP contribution in [-0.2, 0) is 0 Å². The molecule has 6 atom stereocenters. The van der Waals surface area contributed by atoms with Crippen LogP contribution < -0.4 is 0 Å². The van der Waals surface area contributed by atoms with Gasteiger partial charge in [0, 0.05) is 0 Å². The Morgan fingerprint density at radius 1 is 1.00 bits per heavy atom. The molecule has 1 fully saturated rings. The fraction of sp³-hybridized carbons (Fsp3) is 1.00. The first kappa shape index (κ1) is 14.1. The number of hydrogen-bond donors (Lipinski definition) is 0. The number of hydrogen-bond acceptors (Lipinski definition) is 0. The third-order valence-electron chi connectivity index (χ3n) is 5.32. The average Bonchev–Trinajstić information content (AvgIpc) is 2.92. The summed E-state index contributed by atoms with van der Waals surface area (Å²) < 4.78 is 0. The molecule has 0 aromatic heterocycles. The highest BCUT2D eigenvalue weighted by Gasteiger charge is 2.35. The normalized spacial score (nSPS) is 31.9. The first-order valence-electron chi connectivity index (χ1n) is 7.47. The van der Waals surface area contributed by atoms with E-state index >= 15 is 0 Å². The zero-order valence-electron chi connectivity index (χ0n) is 12.3. The molecule has 1 aliphatic rings. The van der Waals surface area contributed by atoms with Gasteiger partial charge in [0.15, 0.2) is 0 Å². The Morgan fingerprint density at radius 3 is 1.94 bits per heavy atom. The van der Waals surface area contributed by atoms with Crippen molar-refractivity contribution in [1.82, 2.24) is 0 Å². The molecule has 0 radical (unpaired) electrons. The van der Waals surface area contributed by atoms with E-state index in [9.17, 15) is 0 Å². The average molecular weight is 224 g/mol. The lowest BCUT2D eigenvalue weighted by Crippen LogP contribution is -2.22. The van der Waals surface area contributed by atoms with Crippen LogP contribution in [-0.4, -0.2) is 0 Å². The Kier molecular flexibility index (Phi) is 5.34. The second-order valence-corrected chi connectivity index (χ2v) is 6.67. The highest BCUT2D eigenvalue weighted by molar-refractivity contribution is 4.85. The molecule has 0 N–H and O–H groups in total. The van der Waals surface area contributed by atoms with E-state index in [0.717, 1.165) is 35.5 Å². The van der Waals surface area contributed by atoms with E-state index in [1.54, 1.807) is 0 Å². The lowest BCUT2D eigenvalue weighted by Gasteiger charge is -2.30. The van der Waals surface area contributed by atoms with Crippen molar-refractivity contribution in [3.63, 3.8) is 0 Å². The lowest BCUT2D eigenvalue weighted by molar-refractivity contribution is 0.191. The van der Waals surface area contributed by atoms with Gasteiger partial charge in [-0.1, -0.05) is 54.4 Å². The topological polar surface area (TPSA) is 0 Å². The molecule has 0 heteroatoms. The van der Waals surface area contributed by atoms with Crippen molar-refractivity contribution in [2.75, 3.05) is 0 Å². The molecule has 6 unspecified atom stereocenters. The molecule has 0 heterocycles. The summed E-state index contributed by atoms with van der Waals surface area (Å²) in [5, 5.41) is 0. The monoisotopic (exact) mass is 224 g/mol. The van der Waals surface area contributed by atoms with E-state index in [2.05, 4.69) is 41.5 Å². The van der Waals surface area contributed by atoms with Crippen LogP contribution in [0, 0.1) is 35.5 Å². The molecule has 0 saturated heterocycles. The van der Waals surface area contributed by atoms with Crippen LogP contribution in [0.25, 0.3) is 0 Å². The van der Waals surface area contributed by atoms with Gasteiger partial charge in [-0.2, -0.15) is 0 Å². The van der Waals surface area contributed by atoms with E-state index in [4.69, 9.17) is 0 Å². The minimum atomic E-state index is 0.893. The molecule has 1 aliphatic carbocycles. The van der Waals surface area contributed by atoms with Gasteiger partial charge in [-0.25, -0.2) is 0 Å². The summed E-state index contributed by atoms with van der Waals surface area (Å²) in [6, 6.07) is 0. The van der Waals surface area contributed by atoms with Crippen molar-refractivity contribution < 1.29 is 0 Å². The van der Waals surface area contributed by atoms with Crippen molar-refractivity contribution in [2.24, 2.45) is 35.5 Å². The molecular formula is C16H32. The summed E-state index contributed by atoms with van der Waals surface area (Å²) in [5.41, 5.74) is 0. The van der Waals surface area contributed by atoms with Crippen molar-refractivity contribution in [3.8, 4) is 0 Å². The van der Waals surface area contributed by atoms with Crippen molar-refractivity contribution >= 4 is 0 Å². The Bertz CT molecular complexity index is 196. The highest BCUT2D eigenvalue weighted by atomic mass is 14.4. The second kappa shape index (κ2) is 6.07. The maximum atomic E-state index is 2.48. The van der Waals surface area contributed by atoms with Crippen molar-refractivity contribution in [1.29, 1.82) is 0 Å². The summed E-state index contributed by atoms with van der Waals surface area (Å²) in [5.74, 6) is 5.70.